The zero-order valence-corrected chi connectivity index (χ0v) is 7.32. The Morgan fingerprint density at radius 3 is 2.27 bits per heavy atom. The van der Waals surface area contributed by atoms with Gasteiger partial charge in [0.2, 0.25) is 0 Å². The van der Waals surface area contributed by atoms with Crippen LogP contribution in [0.4, 0.5) is 4.79 Å². The fraction of sp³-hybridized carbons (Fsp3) is 0.857. The first kappa shape index (κ1) is 10.6. The Balaban J connectivity index is 0.000001000. The quantitative estimate of drug-likeness (QED) is 0.627. The van der Waals surface area contributed by atoms with E-state index in [1.54, 1.807) is 0 Å². The summed E-state index contributed by atoms with van der Waals surface area (Å²) in [4.78, 5) is 10.4. The van der Waals surface area contributed by atoms with E-state index in [1.807, 2.05) is 0 Å². The lowest BCUT2D eigenvalue weighted by molar-refractivity contribution is 0.241. The zero-order chi connectivity index (χ0) is 7.40. The van der Waals surface area contributed by atoms with E-state index in [1.165, 1.54) is 19.3 Å². The lowest BCUT2D eigenvalue weighted by Crippen LogP contribution is -2.39. The third-order valence-electron chi connectivity index (χ3n) is 1.95. The predicted octanol–water partition coefficient (Wildman–Crippen LogP) is 1.41. The fourth-order valence-electron chi connectivity index (χ4n) is 1.45. The molecule has 3 nitrogen and oxygen atoms in total. The van der Waals surface area contributed by atoms with Crippen molar-refractivity contribution in [3.63, 3.8) is 0 Å². The topological polar surface area (TPSA) is 55.1 Å². The Bertz CT molecular complexity index is 124. The van der Waals surface area contributed by atoms with Crippen molar-refractivity contribution >= 4 is 18.4 Å². The Labute approximate surface area is 73.1 Å². The molecule has 66 valence electrons. The van der Waals surface area contributed by atoms with Crippen molar-refractivity contribution in [3.8, 4) is 0 Å². The van der Waals surface area contributed by atoms with Gasteiger partial charge in [0.15, 0.2) is 0 Å². The molecule has 11 heavy (non-hydrogen) atoms. The molecule has 2 amide bonds. The van der Waals surface area contributed by atoms with E-state index in [0.717, 1.165) is 12.8 Å². The Kier molecular flexibility index (Phi) is 5.03. The average Bonchev–Trinajstić information content (AvgIpc) is 1.88. The van der Waals surface area contributed by atoms with Crippen molar-refractivity contribution in [2.45, 2.75) is 38.1 Å². The number of hydrogen-bond acceptors (Lipinski definition) is 1. The van der Waals surface area contributed by atoms with Crippen LogP contribution in [0.25, 0.3) is 0 Å². The molecule has 0 heterocycles. The van der Waals surface area contributed by atoms with Crippen LogP contribution in [0, 0.1) is 0 Å². The first-order valence-corrected chi connectivity index (χ1v) is 3.85. The van der Waals surface area contributed by atoms with Crippen molar-refractivity contribution in [1.82, 2.24) is 5.32 Å². The van der Waals surface area contributed by atoms with E-state index in [4.69, 9.17) is 5.73 Å². The monoisotopic (exact) mass is 178 g/mol. The summed E-state index contributed by atoms with van der Waals surface area (Å²) in [6, 6.07) is -0.0295. The minimum absolute atomic E-state index is 0. The SMILES string of the molecule is Cl.NC(=O)NC1CCCCC1. The maximum Gasteiger partial charge on any atom is 0.312 e. The van der Waals surface area contributed by atoms with Gasteiger partial charge in [-0.1, -0.05) is 19.3 Å². The minimum atomic E-state index is -0.382. The second-order valence-corrected chi connectivity index (χ2v) is 2.84. The van der Waals surface area contributed by atoms with Gasteiger partial charge in [-0.2, -0.15) is 0 Å². The summed E-state index contributed by atoms with van der Waals surface area (Å²) >= 11 is 0. The van der Waals surface area contributed by atoms with Crippen LogP contribution in [0.2, 0.25) is 0 Å². The number of carbonyl (C=O) groups is 1. The molecule has 0 saturated heterocycles. The maximum atomic E-state index is 10.4. The third kappa shape index (κ3) is 4.09. The molecule has 0 aromatic rings. The number of amides is 2. The van der Waals surface area contributed by atoms with Crippen molar-refractivity contribution in [2.75, 3.05) is 0 Å². The van der Waals surface area contributed by atoms with Gasteiger partial charge in [0.1, 0.15) is 0 Å². The molecule has 1 saturated carbocycles. The smallest absolute Gasteiger partial charge is 0.312 e. The van der Waals surface area contributed by atoms with Crippen LogP contribution in [0.5, 0.6) is 0 Å². The molecule has 1 fully saturated rings. The summed E-state index contributed by atoms with van der Waals surface area (Å²) in [6.07, 6.45) is 5.96. The van der Waals surface area contributed by atoms with Gasteiger partial charge in [-0.25, -0.2) is 4.79 Å². The summed E-state index contributed by atoms with van der Waals surface area (Å²) in [5.74, 6) is 0. The molecule has 0 spiro atoms. The molecule has 3 N–H and O–H groups in total. The van der Waals surface area contributed by atoms with Crippen LogP contribution in [-0.2, 0) is 0 Å². The average molecular weight is 179 g/mol. The number of carbonyl (C=O) groups excluding carboxylic acids is 1. The van der Waals surface area contributed by atoms with Crippen molar-refractivity contribution in [1.29, 1.82) is 0 Å². The number of nitrogens with two attached hydrogens (primary N) is 1. The van der Waals surface area contributed by atoms with Gasteiger partial charge in [-0.05, 0) is 12.8 Å². The second kappa shape index (κ2) is 5.24. The predicted molar refractivity (Wildman–Crippen MR) is 46.8 cm³/mol. The van der Waals surface area contributed by atoms with Gasteiger partial charge in [-0.15, -0.1) is 12.4 Å². The largest absolute Gasteiger partial charge is 0.352 e. The molecule has 1 aliphatic rings. The van der Waals surface area contributed by atoms with Gasteiger partial charge in [0.25, 0.3) is 0 Å². The molecule has 0 radical (unpaired) electrons. The van der Waals surface area contributed by atoms with E-state index >= 15 is 0 Å². The van der Waals surface area contributed by atoms with E-state index in [0.29, 0.717) is 6.04 Å². The van der Waals surface area contributed by atoms with Gasteiger partial charge in [0, 0.05) is 6.04 Å². The molecule has 0 aromatic heterocycles. The van der Waals surface area contributed by atoms with Crippen LogP contribution in [0.15, 0.2) is 0 Å². The number of primary amides is 1. The van der Waals surface area contributed by atoms with E-state index < -0.39 is 0 Å². The molecular weight excluding hydrogens is 164 g/mol. The summed E-state index contributed by atoms with van der Waals surface area (Å²) in [5, 5.41) is 2.72. The van der Waals surface area contributed by atoms with Gasteiger partial charge in [-0.3, -0.25) is 0 Å². The van der Waals surface area contributed by atoms with Crippen LogP contribution in [-0.4, -0.2) is 12.1 Å². The number of rotatable bonds is 1. The molecule has 1 aliphatic carbocycles. The van der Waals surface area contributed by atoms with Gasteiger partial charge < -0.3 is 11.1 Å². The second-order valence-electron chi connectivity index (χ2n) is 2.84. The van der Waals surface area contributed by atoms with Gasteiger partial charge in [0.05, 0.1) is 0 Å². The Morgan fingerprint density at radius 2 is 1.82 bits per heavy atom. The lowest BCUT2D eigenvalue weighted by atomic mass is 9.96. The zero-order valence-electron chi connectivity index (χ0n) is 6.51. The maximum absolute atomic E-state index is 10.4. The third-order valence-corrected chi connectivity index (χ3v) is 1.95. The van der Waals surface area contributed by atoms with Crippen LogP contribution >= 0.6 is 12.4 Å². The summed E-state index contributed by atoms with van der Waals surface area (Å²) in [6.45, 7) is 0. The first-order valence-electron chi connectivity index (χ1n) is 3.85. The van der Waals surface area contributed by atoms with Crippen molar-refractivity contribution < 1.29 is 4.79 Å². The molecular formula is C7H15ClN2O. The summed E-state index contributed by atoms with van der Waals surface area (Å²) in [7, 11) is 0. The van der Waals surface area contributed by atoms with E-state index in [-0.39, 0.29) is 18.4 Å². The molecule has 0 unspecified atom stereocenters. The normalized spacial score (nSPS) is 18.5. The lowest BCUT2D eigenvalue weighted by Gasteiger charge is -2.21. The van der Waals surface area contributed by atoms with Crippen LogP contribution in [0.3, 0.4) is 0 Å². The fourth-order valence-corrected chi connectivity index (χ4v) is 1.45. The number of hydrogen-bond donors (Lipinski definition) is 2. The highest BCUT2D eigenvalue weighted by atomic mass is 35.5. The van der Waals surface area contributed by atoms with Crippen LogP contribution in [0.1, 0.15) is 32.1 Å². The molecule has 0 aliphatic heterocycles. The molecule has 1 rings (SSSR count). The van der Waals surface area contributed by atoms with Crippen LogP contribution < -0.4 is 11.1 Å². The number of nitrogens with one attached hydrogen (secondary N) is 1. The molecule has 0 atom stereocenters. The Morgan fingerprint density at radius 1 is 1.27 bits per heavy atom. The highest BCUT2D eigenvalue weighted by molar-refractivity contribution is 5.85. The molecule has 4 heteroatoms. The minimum Gasteiger partial charge on any atom is -0.352 e. The highest BCUT2D eigenvalue weighted by Gasteiger charge is 2.13. The number of urea groups is 1. The molecule has 0 bridgehead atoms. The molecule has 0 aromatic carbocycles. The van der Waals surface area contributed by atoms with Gasteiger partial charge >= 0.3 is 6.03 Å². The van der Waals surface area contributed by atoms with E-state index in [9.17, 15) is 4.79 Å². The first-order chi connectivity index (χ1) is 4.79. The summed E-state index contributed by atoms with van der Waals surface area (Å²) < 4.78 is 0. The highest BCUT2D eigenvalue weighted by Crippen LogP contribution is 2.16. The van der Waals surface area contributed by atoms with E-state index in [2.05, 4.69) is 5.32 Å². The van der Waals surface area contributed by atoms with Crippen molar-refractivity contribution in [3.05, 3.63) is 0 Å². The summed E-state index contributed by atoms with van der Waals surface area (Å²) in [5.41, 5.74) is 4.97. The Hall–Kier alpha value is -0.440. The van der Waals surface area contributed by atoms with Crippen molar-refractivity contribution in [2.24, 2.45) is 5.73 Å². The standard InChI is InChI=1S/C7H14N2O.ClH/c8-7(10)9-6-4-2-1-3-5-6;/h6H,1-5H2,(H3,8,9,10);1H. The number of halogens is 1.